The molecule has 5 nitrogen and oxygen atoms in total. The van der Waals surface area contributed by atoms with Crippen LogP contribution in [0.25, 0.3) is 0 Å². The Morgan fingerprint density at radius 2 is 1.95 bits per heavy atom. The monoisotopic (exact) mass is 295 g/mol. The van der Waals surface area contributed by atoms with Gasteiger partial charge in [-0.3, -0.25) is 4.90 Å². The van der Waals surface area contributed by atoms with Gasteiger partial charge in [0.1, 0.15) is 5.82 Å². The molecule has 3 rings (SSSR count). The summed E-state index contributed by atoms with van der Waals surface area (Å²) in [7, 11) is 0. The number of halogens is 1. The first-order valence-electron chi connectivity index (χ1n) is 7.10. The molecule has 2 aliphatic heterocycles. The summed E-state index contributed by atoms with van der Waals surface area (Å²) in [5, 5.41) is 8.82. The Kier molecular flexibility index (Phi) is 3.93. The van der Waals surface area contributed by atoms with Gasteiger partial charge in [0, 0.05) is 32.5 Å². The number of likely N-dealkylation sites (tertiary alicyclic amines) is 1. The van der Waals surface area contributed by atoms with Crippen LogP contribution < -0.4 is 0 Å². The molecule has 1 spiro atoms. The maximum atomic E-state index is 13.7. The van der Waals surface area contributed by atoms with Gasteiger partial charge in [0.05, 0.1) is 18.8 Å². The second-order valence-corrected chi connectivity index (χ2v) is 5.50. The number of rotatable bonds is 3. The zero-order chi connectivity index (χ0) is 14.9. The summed E-state index contributed by atoms with van der Waals surface area (Å²) in [6.45, 7) is 3.56. The largest absolute Gasteiger partial charge is 0.478 e. The van der Waals surface area contributed by atoms with E-state index in [4.69, 9.17) is 14.6 Å². The quantitative estimate of drug-likeness (QED) is 0.922. The first kappa shape index (κ1) is 14.4. The molecule has 2 saturated heterocycles. The zero-order valence-electron chi connectivity index (χ0n) is 11.7. The van der Waals surface area contributed by atoms with Crippen molar-refractivity contribution in [3.05, 3.63) is 35.1 Å². The van der Waals surface area contributed by atoms with E-state index in [1.165, 1.54) is 12.1 Å². The number of piperidine rings is 1. The van der Waals surface area contributed by atoms with E-state index in [2.05, 4.69) is 4.90 Å². The van der Waals surface area contributed by atoms with Crippen molar-refractivity contribution in [2.45, 2.75) is 25.2 Å². The van der Waals surface area contributed by atoms with Crippen LogP contribution in [0.3, 0.4) is 0 Å². The van der Waals surface area contributed by atoms with E-state index < -0.39 is 17.6 Å². The fraction of sp³-hybridized carbons (Fsp3) is 0.533. The van der Waals surface area contributed by atoms with E-state index in [1.54, 1.807) is 6.07 Å². The van der Waals surface area contributed by atoms with Gasteiger partial charge in [-0.25, -0.2) is 9.18 Å². The molecule has 21 heavy (non-hydrogen) atoms. The number of aromatic carboxylic acids is 1. The van der Waals surface area contributed by atoms with Crippen LogP contribution in [0.5, 0.6) is 0 Å². The molecule has 6 heteroatoms. The maximum Gasteiger partial charge on any atom is 0.338 e. The Balaban J connectivity index is 1.60. The molecule has 0 radical (unpaired) electrons. The number of carboxylic acid groups (broad SMARTS) is 1. The number of nitrogens with zero attached hydrogens (tertiary/aromatic N) is 1. The van der Waals surface area contributed by atoms with Crippen molar-refractivity contribution in [1.82, 2.24) is 4.90 Å². The summed E-state index contributed by atoms with van der Waals surface area (Å²) in [5.74, 6) is -2.33. The summed E-state index contributed by atoms with van der Waals surface area (Å²) in [4.78, 5) is 13.0. The lowest BCUT2D eigenvalue weighted by Gasteiger charge is -2.37. The number of hydrogen-bond acceptors (Lipinski definition) is 4. The fourth-order valence-electron chi connectivity index (χ4n) is 2.93. The van der Waals surface area contributed by atoms with Gasteiger partial charge < -0.3 is 14.6 Å². The molecule has 0 aliphatic carbocycles. The van der Waals surface area contributed by atoms with Crippen LogP contribution in [0.2, 0.25) is 0 Å². The Morgan fingerprint density at radius 3 is 2.52 bits per heavy atom. The average molecular weight is 295 g/mol. The number of hydrogen-bond donors (Lipinski definition) is 1. The van der Waals surface area contributed by atoms with Crippen LogP contribution in [-0.4, -0.2) is 48.1 Å². The molecule has 0 saturated carbocycles. The summed E-state index contributed by atoms with van der Waals surface area (Å²) < 4.78 is 25.0. The molecular formula is C15H18FNO4. The van der Waals surface area contributed by atoms with Crippen LogP contribution in [0.15, 0.2) is 18.2 Å². The number of ether oxygens (including phenoxy) is 2. The Labute approximate surface area is 122 Å². The molecule has 0 amide bonds. The predicted octanol–water partition coefficient (Wildman–Crippen LogP) is 1.86. The van der Waals surface area contributed by atoms with E-state index in [1.807, 2.05) is 0 Å². The van der Waals surface area contributed by atoms with Crippen molar-refractivity contribution < 1.29 is 23.8 Å². The third-order valence-corrected chi connectivity index (χ3v) is 4.10. The second-order valence-electron chi connectivity index (χ2n) is 5.50. The number of carboxylic acids is 1. The molecule has 0 atom stereocenters. The fourth-order valence-corrected chi connectivity index (χ4v) is 2.93. The van der Waals surface area contributed by atoms with Crippen LogP contribution in [0, 0.1) is 5.82 Å². The lowest BCUT2D eigenvalue weighted by atomic mass is 10.0. The van der Waals surface area contributed by atoms with Crippen molar-refractivity contribution in [1.29, 1.82) is 0 Å². The van der Waals surface area contributed by atoms with E-state index in [0.29, 0.717) is 19.8 Å². The first-order chi connectivity index (χ1) is 10.1. The van der Waals surface area contributed by atoms with Crippen molar-refractivity contribution in [3.8, 4) is 0 Å². The Hall–Kier alpha value is -1.50. The molecule has 0 bridgehead atoms. The molecule has 1 N–H and O–H groups in total. The molecule has 2 fully saturated rings. The Morgan fingerprint density at radius 1 is 1.29 bits per heavy atom. The summed E-state index contributed by atoms with van der Waals surface area (Å²) >= 11 is 0. The van der Waals surface area contributed by atoms with Gasteiger partial charge in [-0.15, -0.1) is 0 Å². The van der Waals surface area contributed by atoms with Gasteiger partial charge in [0.2, 0.25) is 0 Å². The van der Waals surface area contributed by atoms with Gasteiger partial charge in [0.25, 0.3) is 0 Å². The van der Waals surface area contributed by atoms with E-state index in [-0.39, 0.29) is 5.56 Å². The molecule has 0 aromatic heterocycles. The normalized spacial score (nSPS) is 21.8. The van der Waals surface area contributed by atoms with Gasteiger partial charge in [0.15, 0.2) is 5.79 Å². The molecular weight excluding hydrogens is 277 g/mol. The number of benzene rings is 1. The second kappa shape index (κ2) is 5.71. The third kappa shape index (κ3) is 3.07. The number of carbonyl (C=O) groups is 1. The van der Waals surface area contributed by atoms with Crippen molar-refractivity contribution in [2.75, 3.05) is 26.3 Å². The van der Waals surface area contributed by atoms with Crippen molar-refractivity contribution in [3.63, 3.8) is 0 Å². The molecule has 114 valence electrons. The van der Waals surface area contributed by atoms with Crippen molar-refractivity contribution >= 4 is 5.97 Å². The van der Waals surface area contributed by atoms with Crippen LogP contribution in [0.4, 0.5) is 4.39 Å². The van der Waals surface area contributed by atoms with Crippen molar-refractivity contribution in [2.24, 2.45) is 0 Å². The highest BCUT2D eigenvalue weighted by Gasteiger charge is 2.39. The standard InChI is InChI=1S/C15H18FNO4/c16-13-9-11(1-2-12(13)14(18)19)10-17-5-3-15(4-6-17)20-7-8-21-15/h1-2,9H,3-8,10H2,(H,18,19). The van der Waals surface area contributed by atoms with Gasteiger partial charge in [-0.2, -0.15) is 0 Å². The maximum absolute atomic E-state index is 13.7. The highest BCUT2D eigenvalue weighted by molar-refractivity contribution is 5.87. The van der Waals surface area contributed by atoms with E-state index >= 15 is 0 Å². The predicted molar refractivity (Wildman–Crippen MR) is 72.5 cm³/mol. The molecule has 0 unspecified atom stereocenters. The highest BCUT2D eigenvalue weighted by Crippen LogP contribution is 2.31. The minimum absolute atomic E-state index is 0.288. The van der Waals surface area contributed by atoms with Crippen LogP contribution >= 0.6 is 0 Å². The van der Waals surface area contributed by atoms with E-state index in [9.17, 15) is 9.18 Å². The minimum Gasteiger partial charge on any atom is -0.478 e. The third-order valence-electron chi connectivity index (χ3n) is 4.10. The zero-order valence-corrected chi connectivity index (χ0v) is 11.7. The average Bonchev–Trinajstić information content (AvgIpc) is 2.90. The molecule has 2 heterocycles. The molecule has 2 aliphatic rings. The topological polar surface area (TPSA) is 59.0 Å². The highest BCUT2D eigenvalue weighted by atomic mass is 19.1. The summed E-state index contributed by atoms with van der Waals surface area (Å²) in [6, 6.07) is 4.29. The van der Waals surface area contributed by atoms with Gasteiger partial charge in [-0.05, 0) is 17.7 Å². The van der Waals surface area contributed by atoms with Gasteiger partial charge >= 0.3 is 5.97 Å². The summed E-state index contributed by atoms with van der Waals surface area (Å²) in [5.41, 5.74) is 0.491. The lowest BCUT2D eigenvalue weighted by molar-refractivity contribution is -0.185. The SMILES string of the molecule is O=C(O)c1ccc(CN2CCC3(CC2)OCCO3)cc1F. The summed E-state index contributed by atoms with van der Waals surface area (Å²) in [6.07, 6.45) is 1.62. The molecule has 1 aromatic rings. The minimum atomic E-state index is -1.24. The van der Waals surface area contributed by atoms with Gasteiger partial charge in [-0.1, -0.05) is 6.07 Å². The van der Waals surface area contributed by atoms with E-state index in [0.717, 1.165) is 31.5 Å². The smallest absolute Gasteiger partial charge is 0.338 e. The lowest BCUT2D eigenvalue weighted by Crippen LogP contribution is -2.44. The Bertz CT molecular complexity index is 532. The van der Waals surface area contributed by atoms with Crippen LogP contribution in [-0.2, 0) is 16.0 Å². The first-order valence-corrected chi connectivity index (χ1v) is 7.10. The van der Waals surface area contributed by atoms with Crippen LogP contribution in [0.1, 0.15) is 28.8 Å². The molecule has 1 aromatic carbocycles.